The van der Waals surface area contributed by atoms with E-state index in [1.165, 1.54) is 0 Å². The molecule has 1 N–H and O–H groups in total. The lowest BCUT2D eigenvalue weighted by molar-refractivity contribution is 0.270. The van der Waals surface area contributed by atoms with Crippen molar-refractivity contribution in [2.45, 2.75) is 24.1 Å². The van der Waals surface area contributed by atoms with Crippen molar-refractivity contribution in [1.29, 1.82) is 5.26 Å². The maximum Gasteiger partial charge on any atom is 0.168 e. The number of aromatic nitrogens is 2. The van der Waals surface area contributed by atoms with Crippen LogP contribution in [0.25, 0.3) is 0 Å². The van der Waals surface area contributed by atoms with Crippen LogP contribution in [0.3, 0.4) is 0 Å². The van der Waals surface area contributed by atoms with Crippen molar-refractivity contribution in [1.82, 2.24) is 9.55 Å². The minimum Gasteiger partial charge on any atom is -0.496 e. The van der Waals surface area contributed by atoms with Crippen LogP contribution in [0.5, 0.6) is 5.75 Å². The summed E-state index contributed by atoms with van der Waals surface area (Å²) < 4.78 is 7.43. The molecule has 0 radical (unpaired) electrons. The van der Waals surface area contributed by atoms with Crippen LogP contribution >= 0.6 is 11.8 Å². The highest BCUT2D eigenvalue weighted by molar-refractivity contribution is 7.98. The predicted octanol–water partition coefficient (Wildman–Crippen LogP) is 3.60. The van der Waals surface area contributed by atoms with Crippen molar-refractivity contribution in [2.24, 2.45) is 0 Å². The van der Waals surface area contributed by atoms with E-state index >= 15 is 0 Å². The summed E-state index contributed by atoms with van der Waals surface area (Å²) in [7, 11) is 1.65. The zero-order valence-corrected chi connectivity index (χ0v) is 15.2. The van der Waals surface area contributed by atoms with Gasteiger partial charge in [-0.15, -0.1) is 0 Å². The van der Waals surface area contributed by atoms with Crippen LogP contribution < -0.4 is 4.74 Å². The second kappa shape index (κ2) is 8.56. The number of para-hydroxylation sites is 1. The molecule has 0 saturated heterocycles. The largest absolute Gasteiger partial charge is 0.496 e. The quantitative estimate of drug-likeness (QED) is 0.648. The lowest BCUT2D eigenvalue weighted by atomic mass is 10.2. The van der Waals surface area contributed by atoms with Gasteiger partial charge in [-0.3, -0.25) is 0 Å². The maximum absolute atomic E-state index is 9.65. The molecule has 1 aromatic heterocycles. The molecule has 0 aliphatic heterocycles. The summed E-state index contributed by atoms with van der Waals surface area (Å²) in [6.07, 6.45) is 1.70. The molecule has 1 heterocycles. The molecule has 0 unspecified atom stereocenters. The van der Waals surface area contributed by atoms with E-state index in [0.29, 0.717) is 17.9 Å². The van der Waals surface area contributed by atoms with Gasteiger partial charge in [-0.05, 0) is 23.8 Å². The summed E-state index contributed by atoms with van der Waals surface area (Å²) >= 11 is 1.58. The summed E-state index contributed by atoms with van der Waals surface area (Å²) in [5.41, 5.74) is 3.49. The topological polar surface area (TPSA) is 71.1 Å². The molecule has 0 spiro atoms. The van der Waals surface area contributed by atoms with Crippen molar-refractivity contribution in [3.05, 3.63) is 77.1 Å². The van der Waals surface area contributed by atoms with Gasteiger partial charge in [0.05, 0.1) is 43.8 Å². The SMILES string of the molecule is COc1ccccc1Cn1c(CO)cnc1SCc1cccc(C#N)c1. The first-order chi connectivity index (χ1) is 12.7. The lowest BCUT2D eigenvalue weighted by Crippen LogP contribution is -2.07. The molecule has 26 heavy (non-hydrogen) atoms. The Bertz CT molecular complexity index is 931. The van der Waals surface area contributed by atoms with E-state index in [4.69, 9.17) is 10.00 Å². The zero-order valence-electron chi connectivity index (χ0n) is 14.4. The Kier molecular flexibility index (Phi) is 5.95. The highest BCUT2D eigenvalue weighted by Gasteiger charge is 2.13. The van der Waals surface area contributed by atoms with Gasteiger partial charge in [0.15, 0.2) is 5.16 Å². The second-order valence-electron chi connectivity index (χ2n) is 5.69. The fourth-order valence-corrected chi connectivity index (χ4v) is 3.63. The van der Waals surface area contributed by atoms with Crippen LogP contribution in [0.4, 0.5) is 0 Å². The van der Waals surface area contributed by atoms with E-state index in [2.05, 4.69) is 11.1 Å². The highest BCUT2D eigenvalue weighted by atomic mass is 32.2. The van der Waals surface area contributed by atoms with Crippen molar-refractivity contribution in [2.75, 3.05) is 7.11 Å². The molecule has 5 nitrogen and oxygen atoms in total. The summed E-state index contributed by atoms with van der Waals surface area (Å²) in [4.78, 5) is 4.46. The highest BCUT2D eigenvalue weighted by Crippen LogP contribution is 2.26. The number of rotatable bonds is 7. The zero-order chi connectivity index (χ0) is 18.4. The van der Waals surface area contributed by atoms with Gasteiger partial charge in [-0.2, -0.15) is 5.26 Å². The first-order valence-electron chi connectivity index (χ1n) is 8.14. The Balaban J connectivity index is 1.82. The standard InChI is InChI=1S/C20H19N3O2S/c1-25-19-8-3-2-7-17(19)12-23-18(13-24)11-22-20(23)26-14-16-6-4-5-15(9-16)10-21/h2-9,11,24H,12-14H2,1H3. The second-order valence-corrected chi connectivity index (χ2v) is 6.63. The maximum atomic E-state index is 9.65. The number of hydrogen-bond acceptors (Lipinski definition) is 5. The van der Waals surface area contributed by atoms with Gasteiger partial charge in [0.25, 0.3) is 0 Å². The number of ether oxygens (including phenoxy) is 1. The lowest BCUT2D eigenvalue weighted by Gasteiger charge is -2.13. The Morgan fingerprint density at radius 2 is 2.08 bits per heavy atom. The molecule has 2 aromatic carbocycles. The van der Waals surface area contributed by atoms with Gasteiger partial charge >= 0.3 is 0 Å². The first kappa shape index (κ1) is 18.1. The van der Waals surface area contributed by atoms with Crippen molar-refractivity contribution in [3.63, 3.8) is 0 Å². The number of aliphatic hydroxyl groups excluding tert-OH is 1. The molecular weight excluding hydrogens is 346 g/mol. The monoisotopic (exact) mass is 365 g/mol. The number of aliphatic hydroxyl groups is 1. The van der Waals surface area contributed by atoms with Crippen LogP contribution in [-0.4, -0.2) is 21.8 Å². The fraction of sp³-hybridized carbons (Fsp3) is 0.200. The van der Waals surface area contributed by atoms with E-state index in [0.717, 1.165) is 27.7 Å². The number of nitriles is 1. The number of methoxy groups -OCH3 is 1. The van der Waals surface area contributed by atoms with Crippen LogP contribution in [0, 0.1) is 11.3 Å². The van der Waals surface area contributed by atoms with Crippen molar-refractivity contribution >= 4 is 11.8 Å². The molecule has 6 heteroatoms. The van der Waals surface area contributed by atoms with Gasteiger partial charge in [-0.25, -0.2) is 4.98 Å². The molecule has 0 atom stereocenters. The molecular formula is C20H19N3O2S. The van der Waals surface area contributed by atoms with Gasteiger partial charge in [0.1, 0.15) is 5.75 Å². The summed E-state index contributed by atoms with van der Waals surface area (Å²) in [5.74, 6) is 1.51. The van der Waals surface area contributed by atoms with Crippen molar-refractivity contribution < 1.29 is 9.84 Å². The molecule has 0 fully saturated rings. The van der Waals surface area contributed by atoms with Gasteiger partial charge in [-0.1, -0.05) is 42.1 Å². The van der Waals surface area contributed by atoms with Crippen LogP contribution in [0.1, 0.15) is 22.4 Å². The fourth-order valence-electron chi connectivity index (χ4n) is 2.68. The van der Waals surface area contributed by atoms with Gasteiger partial charge in [0, 0.05) is 11.3 Å². The van der Waals surface area contributed by atoms with Crippen LogP contribution in [-0.2, 0) is 18.9 Å². The van der Waals surface area contributed by atoms with Crippen molar-refractivity contribution in [3.8, 4) is 11.8 Å². The molecule has 0 amide bonds. The third kappa shape index (κ3) is 4.07. The number of imidazole rings is 1. The Labute approximate surface area is 156 Å². The summed E-state index contributed by atoms with van der Waals surface area (Å²) in [6, 6.07) is 17.5. The van der Waals surface area contributed by atoms with E-state index in [1.807, 2.05) is 47.0 Å². The van der Waals surface area contributed by atoms with E-state index < -0.39 is 0 Å². The van der Waals surface area contributed by atoms with Gasteiger partial charge < -0.3 is 14.4 Å². The molecule has 0 bridgehead atoms. The Hall–Kier alpha value is -2.75. The average Bonchev–Trinajstić information content (AvgIpc) is 3.08. The minimum atomic E-state index is -0.0768. The molecule has 0 saturated carbocycles. The number of hydrogen-bond donors (Lipinski definition) is 1. The average molecular weight is 365 g/mol. The third-order valence-electron chi connectivity index (χ3n) is 4.01. The molecule has 0 aliphatic carbocycles. The number of thioether (sulfide) groups is 1. The molecule has 0 aliphatic rings. The normalized spacial score (nSPS) is 10.5. The summed E-state index contributed by atoms with van der Waals surface area (Å²) in [5, 5.41) is 19.5. The van der Waals surface area contributed by atoms with Crippen LogP contribution in [0.2, 0.25) is 0 Å². The van der Waals surface area contributed by atoms with E-state index in [-0.39, 0.29) is 6.61 Å². The Morgan fingerprint density at radius 3 is 2.85 bits per heavy atom. The van der Waals surface area contributed by atoms with Gasteiger partial charge in [0.2, 0.25) is 0 Å². The number of benzene rings is 2. The molecule has 132 valence electrons. The van der Waals surface area contributed by atoms with Crippen LogP contribution in [0.15, 0.2) is 59.9 Å². The first-order valence-corrected chi connectivity index (χ1v) is 9.12. The third-order valence-corrected chi connectivity index (χ3v) is 5.07. The molecule has 3 rings (SSSR count). The van der Waals surface area contributed by atoms with E-state index in [9.17, 15) is 5.11 Å². The smallest absolute Gasteiger partial charge is 0.168 e. The summed E-state index contributed by atoms with van der Waals surface area (Å²) in [6.45, 7) is 0.493. The minimum absolute atomic E-state index is 0.0768. The van der Waals surface area contributed by atoms with E-state index in [1.54, 1.807) is 31.1 Å². The molecule has 3 aromatic rings. The Morgan fingerprint density at radius 1 is 1.23 bits per heavy atom. The number of nitrogens with zero attached hydrogens (tertiary/aromatic N) is 3. The predicted molar refractivity (Wildman–Crippen MR) is 101 cm³/mol.